The molecule has 2 N–H and O–H groups in total. The quantitative estimate of drug-likeness (QED) is 0.882. The zero-order valence-corrected chi connectivity index (χ0v) is 11.9. The third-order valence-electron chi connectivity index (χ3n) is 3.87. The van der Waals surface area contributed by atoms with Gasteiger partial charge in [0.2, 0.25) is 0 Å². The van der Waals surface area contributed by atoms with Gasteiger partial charge in [-0.15, -0.1) is 0 Å². The van der Waals surface area contributed by atoms with Gasteiger partial charge in [0.25, 0.3) is 0 Å². The third-order valence-corrected chi connectivity index (χ3v) is 3.87. The van der Waals surface area contributed by atoms with Crippen LogP contribution >= 0.6 is 0 Å². The molecule has 1 aliphatic heterocycles. The van der Waals surface area contributed by atoms with E-state index in [0.29, 0.717) is 12.0 Å². The number of fused-ring (bicyclic) bond motifs is 1. The highest BCUT2D eigenvalue weighted by Crippen LogP contribution is 2.25. The number of aromatic amines is 1. The number of nitrogens with zero attached hydrogens (tertiary/aromatic N) is 1. The first-order chi connectivity index (χ1) is 9.22. The molecule has 1 saturated heterocycles. The normalized spacial score (nSPS) is 20.3. The summed E-state index contributed by atoms with van der Waals surface area (Å²) in [5.74, 6) is 1.75. The molecule has 1 aromatic heterocycles. The lowest BCUT2D eigenvalue weighted by atomic mass is 9.97. The fourth-order valence-electron chi connectivity index (χ4n) is 2.92. The number of benzene rings is 1. The molecule has 19 heavy (non-hydrogen) atoms. The van der Waals surface area contributed by atoms with Crippen LogP contribution in [0.4, 0.5) is 0 Å². The fraction of sp³-hybridized carbons (Fsp3) is 0.562. The smallest absolute Gasteiger partial charge is 0.107 e. The number of imidazole rings is 1. The molecular weight excluding hydrogens is 234 g/mol. The molecule has 102 valence electrons. The molecule has 3 nitrogen and oxygen atoms in total. The molecule has 3 rings (SSSR count). The lowest BCUT2D eigenvalue weighted by Crippen LogP contribution is -2.26. The van der Waals surface area contributed by atoms with Gasteiger partial charge in [0.1, 0.15) is 5.82 Å². The first-order valence-corrected chi connectivity index (χ1v) is 7.44. The predicted octanol–water partition coefficient (Wildman–Crippen LogP) is 3.58. The monoisotopic (exact) mass is 257 g/mol. The molecule has 0 spiro atoms. The molecule has 1 unspecified atom stereocenters. The maximum atomic E-state index is 4.66. The van der Waals surface area contributed by atoms with E-state index in [1.54, 1.807) is 0 Å². The van der Waals surface area contributed by atoms with Gasteiger partial charge in [-0.1, -0.05) is 26.3 Å². The minimum absolute atomic E-state index is 0.523. The lowest BCUT2D eigenvalue weighted by Gasteiger charge is -2.23. The van der Waals surface area contributed by atoms with Crippen LogP contribution in [0.3, 0.4) is 0 Å². The van der Waals surface area contributed by atoms with Gasteiger partial charge in [-0.05, 0) is 43.0 Å². The molecule has 1 fully saturated rings. The van der Waals surface area contributed by atoms with Crippen LogP contribution in [0.1, 0.15) is 50.5 Å². The minimum Gasteiger partial charge on any atom is -0.342 e. The van der Waals surface area contributed by atoms with Crippen LogP contribution in [0, 0.1) is 5.92 Å². The van der Waals surface area contributed by atoms with E-state index >= 15 is 0 Å². The molecule has 2 heterocycles. The van der Waals surface area contributed by atoms with Gasteiger partial charge in [-0.3, -0.25) is 0 Å². The van der Waals surface area contributed by atoms with Gasteiger partial charge in [-0.2, -0.15) is 0 Å². The zero-order chi connectivity index (χ0) is 13.2. The maximum Gasteiger partial charge on any atom is 0.107 e. The second kappa shape index (κ2) is 5.33. The average molecular weight is 257 g/mol. The van der Waals surface area contributed by atoms with Crippen LogP contribution in [0.5, 0.6) is 0 Å². The molecule has 0 bridgehead atoms. The van der Waals surface area contributed by atoms with E-state index < -0.39 is 0 Å². The Bertz CT molecular complexity index is 550. The molecule has 2 aromatic rings. The van der Waals surface area contributed by atoms with Crippen molar-refractivity contribution in [3.63, 3.8) is 0 Å². The Hall–Kier alpha value is -1.35. The van der Waals surface area contributed by atoms with E-state index in [-0.39, 0.29) is 0 Å². The van der Waals surface area contributed by atoms with Crippen LogP contribution in [-0.4, -0.2) is 16.5 Å². The van der Waals surface area contributed by atoms with Gasteiger partial charge < -0.3 is 10.3 Å². The van der Waals surface area contributed by atoms with Crippen molar-refractivity contribution in [2.24, 2.45) is 5.92 Å². The Labute approximate surface area is 114 Å². The van der Waals surface area contributed by atoms with E-state index in [4.69, 9.17) is 0 Å². The predicted molar refractivity (Wildman–Crippen MR) is 79.2 cm³/mol. The molecule has 1 atom stereocenters. The highest BCUT2D eigenvalue weighted by molar-refractivity contribution is 5.76. The van der Waals surface area contributed by atoms with Crippen LogP contribution in [0.2, 0.25) is 0 Å². The van der Waals surface area contributed by atoms with Crippen LogP contribution < -0.4 is 5.32 Å². The standard InChI is InChI=1S/C16H23N3/c1-11(2)9-16-18-14-7-6-12(10-15(14)19-16)13-5-3-4-8-17-13/h6-7,10-11,13,17H,3-5,8-9H2,1-2H3,(H,18,19). The average Bonchev–Trinajstić information content (AvgIpc) is 2.79. The number of H-pyrrole nitrogens is 1. The first kappa shape index (κ1) is 12.7. The summed E-state index contributed by atoms with van der Waals surface area (Å²) in [4.78, 5) is 8.13. The molecule has 1 aromatic carbocycles. The van der Waals surface area contributed by atoms with Crippen molar-refractivity contribution in [2.75, 3.05) is 6.54 Å². The van der Waals surface area contributed by atoms with E-state index in [9.17, 15) is 0 Å². The van der Waals surface area contributed by atoms with Crippen molar-refractivity contribution in [2.45, 2.75) is 45.6 Å². The summed E-state index contributed by atoms with van der Waals surface area (Å²) in [5.41, 5.74) is 3.67. The second-order valence-electron chi connectivity index (χ2n) is 6.06. The molecule has 0 amide bonds. The second-order valence-corrected chi connectivity index (χ2v) is 6.06. The topological polar surface area (TPSA) is 40.7 Å². The van der Waals surface area contributed by atoms with Gasteiger partial charge in [0, 0.05) is 12.5 Å². The van der Waals surface area contributed by atoms with Crippen molar-refractivity contribution in [3.05, 3.63) is 29.6 Å². The minimum atomic E-state index is 0.523. The lowest BCUT2D eigenvalue weighted by molar-refractivity contribution is 0.412. The number of rotatable bonds is 3. The summed E-state index contributed by atoms with van der Waals surface area (Å²) >= 11 is 0. The first-order valence-electron chi connectivity index (χ1n) is 7.44. The van der Waals surface area contributed by atoms with Crippen molar-refractivity contribution in [1.29, 1.82) is 0 Å². The van der Waals surface area contributed by atoms with E-state index in [1.807, 2.05) is 0 Å². The Morgan fingerprint density at radius 3 is 2.95 bits per heavy atom. The van der Waals surface area contributed by atoms with E-state index in [1.165, 1.54) is 30.3 Å². The SMILES string of the molecule is CC(C)Cc1nc2ccc(C3CCCCN3)cc2[nH]1. The largest absolute Gasteiger partial charge is 0.342 e. The Balaban J connectivity index is 1.87. The van der Waals surface area contributed by atoms with Gasteiger partial charge in [0.05, 0.1) is 11.0 Å². The van der Waals surface area contributed by atoms with Crippen molar-refractivity contribution in [3.8, 4) is 0 Å². The summed E-state index contributed by atoms with van der Waals surface area (Å²) < 4.78 is 0. The van der Waals surface area contributed by atoms with Crippen LogP contribution in [0.15, 0.2) is 18.2 Å². The van der Waals surface area contributed by atoms with Gasteiger partial charge >= 0.3 is 0 Å². The number of piperidine rings is 1. The van der Waals surface area contributed by atoms with Crippen LogP contribution in [0.25, 0.3) is 11.0 Å². The highest BCUT2D eigenvalue weighted by Gasteiger charge is 2.15. The van der Waals surface area contributed by atoms with Crippen LogP contribution in [-0.2, 0) is 6.42 Å². The van der Waals surface area contributed by atoms with Crippen molar-refractivity contribution < 1.29 is 0 Å². The number of hydrogen-bond acceptors (Lipinski definition) is 2. The summed E-state index contributed by atoms with van der Waals surface area (Å²) in [7, 11) is 0. The molecule has 0 aliphatic carbocycles. The van der Waals surface area contributed by atoms with Gasteiger partial charge in [0.15, 0.2) is 0 Å². The maximum absolute atomic E-state index is 4.66. The Morgan fingerprint density at radius 1 is 1.32 bits per heavy atom. The molecule has 0 radical (unpaired) electrons. The number of hydrogen-bond donors (Lipinski definition) is 2. The molecular formula is C16H23N3. The van der Waals surface area contributed by atoms with Crippen molar-refractivity contribution >= 4 is 11.0 Å². The highest BCUT2D eigenvalue weighted by atomic mass is 14.9. The summed E-state index contributed by atoms with van der Waals surface area (Å²) in [6.45, 7) is 5.60. The number of aromatic nitrogens is 2. The van der Waals surface area contributed by atoms with E-state index in [2.05, 4.69) is 47.3 Å². The fourth-order valence-corrected chi connectivity index (χ4v) is 2.92. The molecule has 3 heteroatoms. The third kappa shape index (κ3) is 2.81. The van der Waals surface area contributed by atoms with E-state index in [0.717, 1.165) is 24.3 Å². The number of nitrogens with one attached hydrogen (secondary N) is 2. The molecule has 1 aliphatic rings. The van der Waals surface area contributed by atoms with Gasteiger partial charge in [-0.25, -0.2) is 4.98 Å². The Kier molecular flexibility index (Phi) is 3.56. The summed E-state index contributed by atoms with van der Waals surface area (Å²) in [5, 5.41) is 3.60. The summed E-state index contributed by atoms with van der Waals surface area (Å²) in [6, 6.07) is 7.18. The zero-order valence-electron chi connectivity index (χ0n) is 11.9. The Morgan fingerprint density at radius 2 is 2.21 bits per heavy atom. The summed E-state index contributed by atoms with van der Waals surface area (Å²) in [6.07, 6.45) is 4.91. The molecule has 0 saturated carbocycles. The van der Waals surface area contributed by atoms with Crippen molar-refractivity contribution in [1.82, 2.24) is 15.3 Å².